The number of H-pyrrole nitrogens is 1. The lowest BCUT2D eigenvalue weighted by atomic mass is 10.1. The highest BCUT2D eigenvalue weighted by atomic mass is 32.2. The molecule has 12 heteroatoms. The van der Waals surface area contributed by atoms with E-state index in [9.17, 15) is 30.8 Å². The van der Waals surface area contributed by atoms with Crippen molar-refractivity contribution in [2.45, 2.75) is 25.2 Å². The Morgan fingerprint density at radius 3 is 2.72 bits per heavy atom. The van der Waals surface area contributed by atoms with E-state index in [-0.39, 0.29) is 23.1 Å². The first-order valence-electron chi connectivity index (χ1n) is 8.49. The van der Waals surface area contributed by atoms with Crippen LogP contribution in [0.15, 0.2) is 30.2 Å². The Labute approximate surface area is 163 Å². The van der Waals surface area contributed by atoms with Crippen molar-refractivity contribution >= 4 is 26.8 Å². The maximum atomic E-state index is 13.8. The van der Waals surface area contributed by atoms with E-state index in [0.717, 1.165) is 17.5 Å². The average molecular weight is 435 g/mol. The number of nitrogens with one attached hydrogen (secondary N) is 2. The summed E-state index contributed by atoms with van der Waals surface area (Å²) in [5, 5.41) is 0.940. The molecule has 29 heavy (non-hydrogen) atoms. The molecular formula is C17H17F4N3O4S. The van der Waals surface area contributed by atoms with Gasteiger partial charge in [0.2, 0.25) is 10.0 Å². The zero-order valence-corrected chi connectivity index (χ0v) is 15.7. The van der Waals surface area contributed by atoms with Gasteiger partial charge in [0.05, 0.1) is 0 Å². The van der Waals surface area contributed by atoms with Crippen molar-refractivity contribution in [1.29, 1.82) is 0 Å². The number of fused-ring (bicyclic) bond motifs is 1. The zero-order valence-electron chi connectivity index (χ0n) is 14.9. The lowest BCUT2D eigenvalue weighted by Crippen LogP contribution is -2.49. The number of ether oxygens (including phenoxy) is 1. The maximum absolute atomic E-state index is 13.8. The van der Waals surface area contributed by atoms with E-state index in [2.05, 4.69) is 21.0 Å². The highest BCUT2D eigenvalue weighted by molar-refractivity contribution is 7.92. The number of halogens is 4. The summed E-state index contributed by atoms with van der Waals surface area (Å²) >= 11 is 0. The smallest absolute Gasteiger partial charge is 0.403 e. The second-order valence-corrected chi connectivity index (χ2v) is 8.18. The molecule has 1 atom stereocenters. The van der Waals surface area contributed by atoms with Crippen LogP contribution in [0.3, 0.4) is 0 Å². The van der Waals surface area contributed by atoms with Gasteiger partial charge < -0.3 is 14.6 Å². The summed E-state index contributed by atoms with van der Waals surface area (Å²) in [5.41, 5.74) is 0.164. The normalized spacial score (nSPS) is 18.1. The lowest BCUT2D eigenvalue weighted by molar-refractivity contribution is -0.275. The molecule has 158 valence electrons. The quantitative estimate of drug-likeness (QED) is 0.707. The van der Waals surface area contributed by atoms with Crippen molar-refractivity contribution in [1.82, 2.24) is 14.6 Å². The van der Waals surface area contributed by atoms with Crippen molar-refractivity contribution in [3.63, 3.8) is 0 Å². The van der Waals surface area contributed by atoms with Gasteiger partial charge in [-0.2, -0.15) is 0 Å². The van der Waals surface area contributed by atoms with Gasteiger partial charge in [0.15, 0.2) is 11.6 Å². The molecule has 0 bridgehead atoms. The first kappa shape index (κ1) is 21.1. The van der Waals surface area contributed by atoms with Crippen LogP contribution in [0.2, 0.25) is 0 Å². The van der Waals surface area contributed by atoms with Crippen molar-refractivity contribution in [3.8, 4) is 5.75 Å². The molecule has 0 saturated carbocycles. The highest BCUT2D eigenvalue weighted by Crippen LogP contribution is 2.30. The van der Waals surface area contributed by atoms with Crippen LogP contribution in [0.4, 0.5) is 17.6 Å². The number of sulfonamides is 1. The first-order valence-corrected chi connectivity index (χ1v) is 10.0. The summed E-state index contributed by atoms with van der Waals surface area (Å²) in [6.45, 7) is 3.69. The molecular weight excluding hydrogens is 418 g/mol. The minimum absolute atomic E-state index is 0.0378. The summed E-state index contributed by atoms with van der Waals surface area (Å²) in [6.07, 6.45) is -3.97. The molecule has 0 aliphatic carbocycles. The highest BCUT2D eigenvalue weighted by Gasteiger charge is 2.33. The van der Waals surface area contributed by atoms with Gasteiger partial charge in [-0.1, -0.05) is 6.58 Å². The molecule has 0 spiro atoms. The zero-order chi connectivity index (χ0) is 21.4. The van der Waals surface area contributed by atoms with Gasteiger partial charge in [0.25, 0.3) is 5.91 Å². The Morgan fingerprint density at radius 1 is 1.34 bits per heavy atom. The molecule has 1 saturated heterocycles. The number of benzene rings is 1. The van der Waals surface area contributed by atoms with Crippen LogP contribution >= 0.6 is 0 Å². The summed E-state index contributed by atoms with van der Waals surface area (Å²) in [5.74, 6) is -2.71. The van der Waals surface area contributed by atoms with Crippen LogP contribution in [-0.4, -0.2) is 49.7 Å². The Bertz CT molecular complexity index is 1050. The minimum atomic E-state index is -5.05. The number of nitrogens with zero attached hydrogens (tertiary/aromatic N) is 1. The molecule has 0 radical (unpaired) electrons. The second kappa shape index (κ2) is 7.67. The fourth-order valence-electron chi connectivity index (χ4n) is 3.16. The average Bonchev–Trinajstić information content (AvgIpc) is 3.02. The number of rotatable bonds is 5. The number of alkyl halides is 3. The van der Waals surface area contributed by atoms with Gasteiger partial charge in [-0.25, -0.2) is 17.5 Å². The number of hydrogen-bond acceptors (Lipinski definition) is 4. The number of carbonyl (C=O) groups excluding carboxylic acids is 1. The number of likely N-dealkylation sites (tertiary alicyclic amines) is 1. The molecule has 2 heterocycles. The molecule has 7 nitrogen and oxygen atoms in total. The van der Waals surface area contributed by atoms with Gasteiger partial charge in [0.1, 0.15) is 5.69 Å². The number of amides is 1. The third-order valence-corrected chi connectivity index (χ3v) is 5.49. The third kappa shape index (κ3) is 5.07. The van der Waals surface area contributed by atoms with Crippen molar-refractivity contribution in [2.24, 2.45) is 0 Å². The van der Waals surface area contributed by atoms with Crippen LogP contribution in [0.5, 0.6) is 5.75 Å². The Balaban J connectivity index is 1.81. The molecule has 2 aromatic rings. The standard InChI is InChI=1S/C17H17F4N3O4S/c1-2-29(26,27)23-11-4-3-5-24(9-11)16(25)14-6-10-7-15(28-17(19,20)21)12(18)8-13(10)22-14/h2,6-8,11,22-23H,1,3-5,9H2. The predicted octanol–water partition coefficient (Wildman–Crippen LogP) is 2.87. The summed E-state index contributed by atoms with van der Waals surface area (Å²) < 4.78 is 80.3. The molecule has 1 aliphatic rings. The SMILES string of the molecule is C=CS(=O)(=O)NC1CCCN(C(=O)c2cc3cc(OC(F)(F)F)c(F)cc3[nH]2)C1. The number of hydrogen-bond donors (Lipinski definition) is 2. The molecule has 3 rings (SSSR count). The number of piperidine rings is 1. The molecule has 1 aliphatic heterocycles. The maximum Gasteiger partial charge on any atom is 0.573 e. The monoisotopic (exact) mass is 435 g/mol. The van der Waals surface area contributed by atoms with Crippen LogP contribution in [-0.2, 0) is 10.0 Å². The van der Waals surface area contributed by atoms with Gasteiger partial charge in [-0.15, -0.1) is 13.2 Å². The molecule has 1 fully saturated rings. The number of aromatic amines is 1. The van der Waals surface area contributed by atoms with Crippen LogP contribution in [0, 0.1) is 5.82 Å². The first-order chi connectivity index (χ1) is 13.5. The topological polar surface area (TPSA) is 91.5 Å². The lowest BCUT2D eigenvalue weighted by Gasteiger charge is -2.32. The van der Waals surface area contributed by atoms with Crippen LogP contribution in [0.1, 0.15) is 23.3 Å². The summed E-state index contributed by atoms with van der Waals surface area (Å²) in [7, 11) is -3.66. The van der Waals surface area contributed by atoms with Crippen molar-refractivity contribution in [3.05, 3.63) is 41.7 Å². The fourth-order valence-corrected chi connectivity index (χ4v) is 3.91. The molecule has 1 aromatic carbocycles. The molecule has 1 amide bonds. The Kier molecular flexibility index (Phi) is 5.59. The Hall–Kier alpha value is -2.60. The number of carbonyl (C=O) groups is 1. The van der Waals surface area contributed by atoms with Gasteiger partial charge in [-0.05, 0) is 25.0 Å². The number of aromatic nitrogens is 1. The van der Waals surface area contributed by atoms with Crippen LogP contribution in [0.25, 0.3) is 10.9 Å². The Morgan fingerprint density at radius 2 is 2.07 bits per heavy atom. The van der Waals surface area contributed by atoms with Gasteiger partial charge >= 0.3 is 6.36 Å². The van der Waals surface area contributed by atoms with Crippen molar-refractivity contribution < 1.29 is 35.5 Å². The summed E-state index contributed by atoms with van der Waals surface area (Å²) in [6, 6.07) is 2.45. The largest absolute Gasteiger partial charge is 0.573 e. The van der Waals surface area contributed by atoms with E-state index in [0.29, 0.717) is 19.4 Å². The van der Waals surface area contributed by atoms with Gasteiger partial charge in [0, 0.05) is 41.5 Å². The molecule has 2 N–H and O–H groups in total. The fraction of sp³-hybridized carbons (Fsp3) is 0.353. The summed E-state index contributed by atoms with van der Waals surface area (Å²) in [4.78, 5) is 16.8. The van der Waals surface area contributed by atoms with E-state index >= 15 is 0 Å². The van der Waals surface area contributed by atoms with E-state index in [1.54, 1.807) is 0 Å². The predicted molar refractivity (Wildman–Crippen MR) is 96.1 cm³/mol. The second-order valence-electron chi connectivity index (χ2n) is 6.52. The van der Waals surface area contributed by atoms with Gasteiger partial charge in [-0.3, -0.25) is 4.79 Å². The third-order valence-electron chi connectivity index (χ3n) is 4.39. The van der Waals surface area contributed by atoms with Crippen molar-refractivity contribution in [2.75, 3.05) is 13.1 Å². The van der Waals surface area contributed by atoms with E-state index in [1.807, 2.05) is 0 Å². The van der Waals surface area contributed by atoms with E-state index in [4.69, 9.17) is 0 Å². The minimum Gasteiger partial charge on any atom is -0.403 e. The molecule has 1 unspecified atom stereocenters. The molecule has 1 aromatic heterocycles. The van der Waals surface area contributed by atoms with E-state index in [1.165, 1.54) is 11.0 Å². The van der Waals surface area contributed by atoms with Crippen LogP contribution < -0.4 is 9.46 Å². The van der Waals surface area contributed by atoms with E-state index < -0.39 is 39.9 Å².